The molecule has 0 aliphatic carbocycles. The van der Waals surface area contributed by atoms with Gasteiger partial charge in [0.2, 0.25) is 0 Å². The molecule has 1 aliphatic rings. The van der Waals surface area contributed by atoms with Gasteiger partial charge in [0.05, 0.1) is 0 Å². The summed E-state index contributed by atoms with van der Waals surface area (Å²) in [6.45, 7) is 2.17. The smallest absolute Gasteiger partial charge is 0.128 e. The van der Waals surface area contributed by atoms with Crippen molar-refractivity contribution in [3.63, 3.8) is 0 Å². The molecule has 0 amide bonds. The minimum atomic E-state index is 0.601. The minimum absolute atomic E-state index is 0.601. The number of pyridine rings is 1. The van der Waals surface area contributed by atoms with Crippen LogP contribution in [0.4, 0.5) is 5.82 Å². The quantitative estimate of drug-likeness (QED) is 0.911. The standard InChI is InChI=1S/C11H16BrN3/c1-13-8-10-3-2-6-15(10)11-5-4-9(12)7-14-11/h4-5,7,10,13H,2-3,6,8H2,1H3. The predicted octanol–water partition coefficient (Wildman–Crippen LogP) is 2.03. The fourth-order valence-electron chi connectivity index (χ4n) is 2.12. The molecule has 1 aliphatic heterocycles. The maximum absolute atomic E-state index is 4.44. The highest BCUT2D eigenvalue weighted by Gasteiger charge is 2.24. The molecule has 3 nitrogen and oxygen atoms in total. The zero-order chi connectivity index (χ0) is 10.7. The van der Waals surface area contributed by atoms with Crippen LogP contribution >= 0.6 is 15.9 Å². The topological polar surface area (TPSA) is 28.2 Å². The van der Waals surface area contributed by atoms with Crippen molar-refractivity contribution in [1.29, 1.82) is 0 Å². The second-order valence-corrected chi connectivity index (χ2v) is 4.80. The van der Waals surface area contributed by atoms with E-state index in [0.717, 1.165) is 23.4 Å². The SMILES string of the molecule is CNCC1CCCN1c1ccc(Br)cn1. The van der Waals surface area contributed by atoms with Crippen LogP contribution in [0.2, 0.25) is 0 Å². The third kappa shape index (κ3) is 2.49. The van der Waals surface area contributed by atoms with Crippen molar-refractivity contribution in [2.45, 2.75) is 18.9 Å². The summed E-state index contributed by atoms with van der Waals surface area (Å²) in [5.74, 6) is 1.09. The summed E-state index contributed by atoms with van der Waals surface area (Å²) in [5, 5.41) is 3.24. The number of aromatic nitrogens is 1. The van der Waals surface area contributed by atoms with Crippen LogP contribution in [0.5, 0.6) is 0 Å². The number of halogens is 1. The Labute approximate surface area is 99.0 Å². The van der Waals surface area contributed by atoms with Gasteiger partial charge >= 0.3 is 0 Å². The molecule has 4 heteroatoms. The highest BCUT2D eigenvalue weighted by atomic mass is 79.9. The average Bonchev–Trinajstić information content (AvgIpc) is 2.68. The zero-order valence-corrected chi connectivity index (χ0v) is 10.5. The predicted molar refractivity (Wildman–Crippen MR) is 66.2 cm³/mol. The van der Waals surface area contributed by atoms with E-state index in [2.05, 4.69) is 43.3 Å². The van der Waals surface area contributed by atoms with Gasteiger partial charge in [-0.3, -0.25) is 0 Å². The molecule has 0 aromatic carbocycles. The molecule has 2 heterocycles. The van der Waals surface area contributed by atoms with Gasteiger partial charge in [0, 0.05) is 29.8 Å². The Bertz CT molecular complexity index is 312. The van der Waals surface area contributed by atoms with Crippen LogP contribution in [0.15, 0.2) is 22.8 Å². The summed E-state index contributed by atoms with van der Waals surface area (Å²) in [4.78, 5) is 6.84. The van der Waals surface area contributed by atoms with Crippen LogP contribution in [-0.2, 0) is 0 Å². The Hall–Kier alpha value is -0.610. The molecule has 82 valence electrons. The molecule has 1 saturated heterocycles. The van der Waals surface area contributed by atoms with Crippen LogP contribution < -0.4 is 10.2 Å². The molecule has 1 atom stereocenters. The van der Waals surface area contributed by atoms with Crippen molar-refractivity contribution in [2.75, 3.05) is 25.0 Å². The second kappa shape index (κ2) is 4.94. The summed E-state index contributed by atoms with van der Waals surface area (Å²) in [6.07, 6.45) is 4.40. The first-order valence-corrected chi connectivity index (χ1v) is 6.13. The highest BCUT2D eigenvalue weighted by molar-refractivity contribution is 9.10. The van der Waals surface area contributed by atoms with Gasteiger partial charge in [-0.2, -0.15) is 0 Å². The lowest BCUT2D eigenvalue weighted by Gasteiger charge is -2.25. The number of hydrogen-bond acceptors (Lipinski definition) is 3. The van der Waals surface area contributed by atoms with E-state index < -0.39 is 0 Å². The van der Waals surface area contributed by atoms with Crippen LogP contribution in [-0.4, -0.2) is 31.2 Å². The lowest BCUT2D eigenvalue weighted by molar-refractivity contribution is 0.612. The molecular formula is C11H16BrN3. The molecule has 1 aromatic rings. The third-order valence-electron chi connectivity index (χ3n) is 2.82. The summed E-state index contributed by atoms with van der Waals surface area (Å²) >= 11 is 3.41. The maximum Gasteiger partial charge on any atom is 0.128 e. The summed E-state index contributed by atoms with van der Waals surface area (Å²) in [7, 11) is 2.01. The van der Waals surface area contributed by atoms with Gasteiger partial charge in [0.25, 0.3) is 0 Å². The summed E-state index contributed by atoms with van der Waals surface area (Å²) in [5.41, 5.74) is 0. The Morgan fingerprint density at radius 1 is 1.60 bits per heavy atom. The molecule has 0 radical (unpaired) electrons. The first-order chi connectivity index (χ1) is 7.31. The van der Waals surface area contributed by atoms with Gasteiger partial charge in [-0.05, 0) is 48.0 Å². The number of nitrogens with zero attached hydrogens (tertiary/aromatic N) is 2. The second-order valence-electron chi connectivity index (χ2n) is 3.88. The van der Waals surface area contributed by atoms with Crippen molar-refractivity contribution < 1.29 is 0 Å². The first kappa shape index (κ1) is 10.9. The van der Waals surface area contributed by atoms with E-state index in [-0.39, 0.29) is 0 Å². The van der Waals surface area contributed by atoms with E-state index in [1.54, 1.807) is 0 Å². The van der Waals surface area contributed by atoms with Crippen LogP contribution in [0.1, 0.15) is 12.8 Å². The molecule has 15 heavy (non-hydrogen) atoms. The fourth-order valence-corrected chi connectivity index (χ4v) is 2.36. The molecule has 1 fully saturated rings. The lowest BCUT2D eigenvalue weighted by atomic mass is 10.2. The van der Waals surface area contributed by atoms with Gasteiger partial charge in [0.15, 0.2) is 0 Å². The normalized spacial score (nSPS) is 20.9. The summed E-state index contributed by atoms with van der Waals surface area (Å²) in [6, 6.07) is 4.73. The van der Waals surface area contributed by atoms with Crippen molar-refractivity contribution in [2.24, 2.45) is 0 Å². The lowest BCUT2D eigenvalue weighted by Crippen LogP contribution is -2.37. The van der Waals surface area contributed by atoms with Crippen LogP contribution in [0.25, 0.3) is 0 Å². The van der Waals surface area contributed by atoms with Crippen molar-refractivity contribution in [3.05, 3.63) is 22.8 Å². The zero-order valence-electron chi connectivity index (χ0n) is 8.91. The number of hydrogen-bond donors (Lipinski definition) is 1. The number of rotatable bonds is 3. The fraction of sp³-hybridized carbons (Fsp3) is 0.545. The molecule has 0 bridgehead atoms. The van der Waals surface area contributed by atoms with Crippen molar-refractivity contribution in [3.8, 4) is 0 Å². The molecular weight excluding hydrogens is 254 g/mol. The van der Waals surface area contributed by atoms with E-state index in [9.17, 15) is 0 Å². The van der Waals surface area contributed by atoms with E-state index >= 15 is 0 Å². The Morgan fingerprint density at radius 3 is 3.13 bits per heavy atom. The largest absolute Gasteiger partial charge is 0.352 e. The molecule has 0 saturated carbocycles. The van der Waals surface area contributed by atoms with Crippen LogP contribution in [0, 0.1) is 0 Å². The number of nitrogens with one attached hydrogen (secondary N) is 1. The van der Waals surface area contributed by atoms with Gasteiger partial charge < -0.3 is 10.2 Å². The first-order valence-electron chi connectivity index (χ1n) is 5.34. The van der Waals surface area contributed by atoms with Crippen LogP contribution in [0.3, 0.4) is 0 Å². The molecule has 2 rings (SSSR count). The minimum Gasteiger partial charge on any atom is -0.352 e. The van der Waals surface area contributed by atoms with Gasteiger partial charge in [-0.1, -0.05) is 0 Å². The highest BCUT2D eigenvalue weighted by Crippen LogP contribution is 2.24. The van der Waals surface area contributed by atoms with Gasteiger partial charge in [-0.15, -0.1) is 0 Å². The average molecular weight is 270 g/mol. The van der Waals surface area contributed by atoms with E-state index in [0.29, 0.717) is 6.04 Å². The Balaban J connectivity index is 2.11. The van der Waals surface area contributed by atoms with E-state index in [4.69, 9.17) is 0 Å². The third-order valence-corrected chi connectivity index (χ3v) is 3.29. The maximum atomic E-state index is 4.44. The van der Waals surface area contributed by atoms with Crippen molar-refractivity contribution in [1.82, 2.24) is 10.3 Å². The van der Waals surface area contributed by atoms with Gasteiger partial charge in [0.1, 0.15) is 5.82 Å². The number of anilines is 1. The Kier molecular flexibility index (Phi) is 3.59. The Morgan fingerprint density at radius 2 is 2.47 bits per heavy atom. The molecule has 1 N–H and O–H groups in total. The molecule has 0 spiro atoms. The van der Waals surface area contributed by atoms with Gasteiger partial charge in [-0.25, -0.2) is 4.98 Å². The number of likely N-dealkylation sites (N-methyl/N-ethyl adjacent to an activating group) is 1. The molecule has 1 unspecified atom stereocenters. The monoisotopic (exact) mass is 269 g/mol. The summed E-state index contributed by atoms with van der Waals surface area (Å²) < 4.78 is 1.04. The van der Waals surface area contributed by atoms with E-state index in [1.807, 2.05) is 13.2 Å². The molecule has 1 aromatic heterocycles. The van der Waals surface area contributed by atoms with Crippen molar-refractivity contribution >= 4 is 21.7 Å². The van der Waals surface area contributed by atoms with E-state index in [1.165, 1.54) is 12.8 Å².